The molecule has 0 rings (SSSR count). The van der Waals surface area contributed by atoms with E-state index in [-0.39, 0.29) is 23.1 Å². The molecule has 0 saturated carbocycles. The van der Waals surface area contributed by atoms with Crippen LogP contribution in [0.5, 0.6) is 0 Å². The lowest BCUT2D eigenvalue weighted by atomic mass is 11.3. The van der Waals surface area contributed by atoms with E-state index < -0.39 is 0 Å². The van der Waals surface area contributed by atoms with Gasteiger partial charge in [-0.1, -0.05) is 0 Å². The first-order valence-electron chi connectivity index (χ1n) is 1.000. The largest absolute Gasteiger partial charge is 0.344 e. The van der Waals surface area contributed by atoms with Crippen molar-refractivity contribution in [2.75, 3.05) is 0 Å². The van der Waals surface area contributed by atoms with Gasteiger partial charge in [-0.3, -0.25) is 0 Å². The summed E-state index contributed by atoms with van der Waals surface area (Å²) < 4.78 is 0. The minimum Gasteiger partial charge on any atom is -0.344 e. The van der Waals surface area contributed by atoms with Crippen LogP contribution in [0.25, 0.3) is 0 Å². The van der Waals surface area contributed by atoms with Gasteiger partial charge < -0.3 is 6.15 Å². The molecule has 6 heavy (non-hydrogen) atoms. The molecule has 0 amide bonds. The Kier molecular flexibility index (Phi) is 76500. The summed E-state index contributed by atoms with van der Waals surface area (Å²) in [5.41, 5.74) is 0. The van der Waals surface area contributed by atoms with Crippen molar-refractivity contribution < 1.29 is 0 Å². The van der Waals surface area contributed by atoms with Crippen LogP contribution in [-0.2, 0) is 0 Å². The summed E-state index contributed by atoms with van der Waals surface area (Å²) in [6, 6.07) is 0. The Bertz CT molecular complexity index is 9.51. The van der Waals surface area contributed by atoms with Crippen LogP contribution < -0.4 is 6.15 Å². The van der Waals surface area contributed by atoms with Gasteiger partial charge in [-0.15, -0.1) is 43.3 Å². The molecule has 0 aliphatic carbocycles. The Morgan fingerprint density at radius 3 is 0.667 bits per heavy atom. The Morgan fingerprint density at radius 1 is 0.667 bits per heavy atom. The van der Waals surface area contributed by atoms with E-state index >= 15 is 0 Å². The molecule has 0 bridgehead atoms. The number of hydrogen-bond donors (Lipinski definition) is 1. The van der Waals surface area contributed by atoms with Gasteiger partial charge in [-0.2, -0.15) is 0 Å². The fourth-order valence-corrected chi connectivity index (χ4v) is 0. The second-order valence-electron chi connectivity index (χ2n) is 0. The highest BCUT2D eigenvalue weighted by Crippen LogP contribution is 0.864. The minimum atomic E-state index is 0. The second-order valence-corrected chi connectivity index (χ2v) is 0. The molecule has 0 aliphatic rings. The second kappa shape index (κ2) is 11800. The van der Waals surface area contributed by atoms with Crippen LogP contribution in [-0.4, -0.2) is 0 Å². The van der Waals surface area contributed by atoms with Crippen molar-refractivity contribution in [1.82, 2.24) is 6.15 Å². The molecule has 0 fully saturated rings. The summed E-state index contributed by atoms with van der Waals surface area (Å²) in [5, 5.41) is 0. The van der Waals surface area contributed by atoms with E-state index in [1.165, 1.54) is 0 Å². The van der Waals surface area contributed by atoms with Crippen molar-refractivity contribution >= 4 is 17.0 Å². The van der Waals surface area contributed by atoms with E-state index in [9.17, 15) is 0 Å². The third-order valence-corrected chi connectivity index (χ3v) is 0. The minimum absolute atomic E-state index is 0. The van der Waals surface area contributed by atoms with Crippen molar-refractivity contribution in [3.8, 4) is 0 Å². The number of rotatable bonds is 0. The number of hydrogen-bond acceptors (Lipinski definition) is 1. The zero-order chi connectivity index (χ0) is 4.00. The first kappa shape index (κ1) is 38.9. The molecule has 0 aromatic rings. The lowest BCUT2D eigenvalue weighted by Crippen LogP contribution is -0.552. The maximum atomic E-state index is 3.00. The van der Waals surface area contributed by atoms with Crippen molar-refractivity contribution in [2.45, 2.75) is 0 Å². The van der Waals surface area contributed by atoms with Crippen LogP contribution in [0.2, 0.25) is 0 Å². The molecule has 0 aromatic heterocycles. The van der Waals surface area contributed by atoms with Crippen LogP contribution in [0.3, 0.4) is 0 Å². The van der Waals surface area contributed by atoms with Gasteiger partial charge >= 0.3 is 0 Å². The van der Waals surface area contributed by atoms with Gasteiger partial charge in [-0.05, 0) is 0 Å². The molecular formula is C4H12BrN. The maximum Gasteiger partial charge on any atom is -0.106 e. The Labute approximate surface area is 50.1 Å². The molecule has 0 atom stereocenters. The first-order valence-corrected chi connectivity index (χ1v) is 1.000. The van der Waals surface area contributed by atoms with Crippen LogP contribution in [0, 0.1) is 0 Å². The fourth-order valence-electron chi connectivity index (χ4n) is 0. The first-order chi connectivity index (χ1) is 2.00. The molecule has 0 aromatic carbocycles. The summed E-state index contributed by atoms with van der Waals surface area (Å²) in [6.45, 7) is 12.0. The zero-order valence-corrected chi connectivity index (χ0v) is 5.66. The van der Waals surface area contributed by atoms with E-state index in [0.717, 1.165) is 0 Å². The molecule has 1 nitrogen and oxygen atoms in total. The van der Waals surface area contributed by atoms with Crippen LogP contribution in [0.1, 0.15) is 0 Å². The highest BCUT2D eigenvalue weighted by molar-refractivity contribution is 8.93. The van der Waals surface area contributed by atoms with Gasteiger partial charge in [0.05, 0.1) is 0 Å². The van der Waals surface area contributed by atoms with Crippen molar-refractivity contribution in [3.63, 3.8) is 0 Å². The van der Waals surface area contributed by atoms with E-state index in [4.69, 9.17) is 0 Å². The van der Waals surface area contributed by atoms with Crippen LogP contribution >= 0.6 is 17.0 Å². The summed E-state index contributed by atoms with van der Waals surface area (Å²) >= 11 is 0. The SMILES string of the molecule is Br.C=C.C=C.N. The predicted molar refractivity (Wildman–Crippen MR) is 37.9 cm³/mol. The highest BCUT2D eigenvalue weighted by atomic mass is 79.9. The molecule has 0 radical (unpaired) electrons. The molecule has 0 heterocycles. The highest BCUT2D eigenvalue weighted by Gasteiger charge is 0.603. The molecule has 2 heteroatoms. The molecule has 3 N–H and O–H groups in total. The van der Waals surface area contributed by atoms with Crippen molar-refractivity contribution in [2.24, 2.45) is 0 Å². The Morgan fingerprint density at radius 2 is 0.667 bits per heavy atom. The lowest BCUT2D eigenvalue weighted by Gasteiger charge is -0.813. The van der Waals surface area contributed by atoms with Gasteiger partial charge in [-0.25, -0.2) is 0 Å². The molecule has 40 valence electrons. The third kappa shape index (κ3) is 5220. The lowest BCUT2D eigenvalue weighted by molar-refractivity contribution is 2.13. The number of halogens is 1. The average molecular weight is 154 g/mol. The zero-order valence-electron chi connectivity index (χ0n) is 3.94. The monoisotopic (exact) mass is 153 g/mol. The van der Waals surface area contributed by atoms with Crippen molar-refractivity contribution in [1.29, 1.82) is 0 Å². The van der Waals surface area contributed by atoms with E-state index in [2.05, 4.69) is 26.3 Å². The summed E-state index contributed by atoms with van der Waals surface area (Å²) in [7, 11) is 0. The average Bonchev–Trinajstić information content (AvgIpc) is 1.50. The van der Waals surface area contributed by atoms with E-state index in [1.54, 1.807) is 0 Å². The van der Waals surface area contributed by atoms with Crippen LogP contribution in [0.4, 0.5) is 0 Å². The predicted octanol–water partition coefficient (Wildman–Crippen LogP) is 2.34. The van der Waals surface area contributed by atoms with E-state index in [1.807, 2.05) is 0 Å². The van der Waals surface area contributed by atoms with Gasteiger partial charge in [0.2, 0.25) is 0 Å². The maximum absolute atomic E-state index is 3.00. The molecule has 0 saturated heterocycles. The summed E-state index contributed by atoms with van der Waals surface area (Å²) in [4.78, 5) is 0. The third-order valence-electron chi connectivity index (χ3n) is 0. The quantitative estimate of drug-likeness (QED) is 0.534. The van der Waals surface area contributed by atoms with Gasteiger partial charge in [0.15, 0.2) is 0 Å². The molecular weight excluding hydrogens is 142 g/mol. The van der Waals surface area contributed by atoms with Gasteiger partial charge in [0.25, 0.3) is 0 Å². The molecule has 0 unspecified atom stereocenters. The van der Waals surface area contributed by atoms with Gasteiger partial charge in [0, 0.05) is 0 Å². The molecule has 0 aliphatic heterocycles. The fraction of sp³-hybridized carbons (Fsp3) is 0. The van der Waals surface area contributed by atoms with Crippen molar-refractivity contribution in [3.05, 3.63) is 26.3 Å². The Hall–Kier alpha value is -0.0800. The topological polar surface area (TPSA) is 35.0 Å². The smallest absolute Gasteiger partial charge is 0.106 e. The molecule has 0 spiro atoms. The normalized spacial score (nSPS) is 1.33. The van der Waals surface area contributed by atoms with Gasteiger partial charge in [0.1, 0.15) is 0 Å². The standard InChI is InChI=1S/2C2H4.BrH.H3N/c2*1-2;;/h2*1-2H2;1H;1H3. The summed E-state index contributed by atoms with van der Waals surface area (Å²) in [6.07, 6.45) is 0. The van der Waals surface area contributed by atoms with Crippen LogP contribution in [0.15, 0.2) is 26.3 Å². The van der Waals surface area contributed by atoms with E-state index in [0.29, 0.717) is 0 Å². The Balaban J connectivity index is -0.00000000500. The summed E-state index contributed by atoms with van der Waals surface area (Å²) in [5.74, 6) is 0.